The van der Waals surface area contributed by atoms with Crippen molar-refractivity contribution in [1.29, 1.82) is 0 Å². The molecule has 0 aliphatic carbocycles. The lowest BCUT2D eigenvalue weighted by Gasteiger charge is -2.30. The predicted octanol–water partition coefficient (Wildman–Crippen LogP) is 3.15. The van der Waals surface area contributed by atoms with E-state index in [-0.39, 0.29) is 0 Å². The Morgan fingerprint density at radius 1 is 0.960 bits per heavy atom. The van der Waals surface area contributed by atoms with Crippen LogP contribution in [-0.4, -0.2) is 43.6 Å². The number of alkyl halides is 9. The molecule has 0 amide bonds. The summed E-state index contributed by atoms with van der Waals surface area (Å²) in [7, 11) is -6.49. The molecular weight excluding hydrogens is 418 g/mol. The molecule has 0 saturated carbocycles. The molecule has 0 spiro atoms. The van der Waals surface area contributed by atoms with E-state index in [2.05, 4.69) is 11.6 Å². The van der Waals surface area contributed by atoms with E-state index in [0.717, 1.165) is 4.72 Å². The van der Waals surface area contributed by atoms with Crippen LogP contribution in [0.3, 0.4) is 0 Å². The summed E-state index contributed by atoms with van der Waals surface area (Å²) < 4.78 is 128. The molecule has 0 aliphatic heterocycles. The predicted molar refractivity (Wildman–Crippen MR) is 68.1 cm³/mol. The second kappa shape index (κ2) is 6.78. The van der Waals surface area contributed by atoms with Crippen LogP contribution in [0.4, 0.5) is 35.1 Å². The highest BCUT2D eigenvalue weighted by molar-refractivity contribution is 7.90. The van der Waals surface area contributed by atoms with Gasteiger partial charge in [0, 0.05) is 5.41 Å². The van der Waals surface area contributed by atoms with Crippen LogP contribution < -0.4 is 4.72 Å². The monoisotopic (exact) mass is 429 g/mol. The lowest BCUT2D eigenvalue weighted by molar-refractivity contribution is -0.442. The smallest absolute Gasteiger partial charge is 0.298 e. The number of ether oxygens (including phenoxy) is 1. The summed E-state index contributed by atoms with van der Waals surface area (Å²) in [5.41, 5.74) is -1.26. The lowest BCUT2D eigenvalue weighted by atomic mass is 9.91. The van der Waals surface area contributed by atoms with E-state index in [1.165, 1.54) is 20.8 Å². The molecular formula is C10H12ClF8NO4S. The van der Waals surface area contributed by atoms with Crippen molar-refractivity contribution >= 4 is 27.4 Å². The van der Waals surface area contributed by atoms with E-state index < -0.39 is 50.6 Å². The van der Waals surface area contributed by atoms with Crippen LogP contribution in [0, 0.1) is 5.41 Å². The summed E-state index contributed by atoms with van der Waals surface area (Å²) in [6, 6.07) is 0. The van der Waals surface area contributed by atoms with Gasteiger partial charge in [0.25, 0.3) is 10.0 Å². The fraction of sp³-hybridized carbons (Fsp3) is 0.900. The van der Waals surface area contributed by atoms with Gasteiger partial charge in [-0.1, -0.05) is 20.8 Å². The van der Waals surface area contributed by atoms with E-state index in [0.29, 0.717) is 0 Å². The van der Waals surface area contributed by atoms with Gasteiger partial charge in [-0.2, -0.15) is 35.1 Å². The van der Waals surface area contributed by atoms with Crippen LogP contribution in [0.15, 0.2) is 0 Å². The number of halogens is 9. The molecule has 0 atom stereocenters. The Kier molecular flexibility index (Phi) is 6.58. The van der Waals surface area contributed by atoms with E-state index in [9.17, 15) is 48.3 Å². The van der Waals surface area contributed by atoms with Crippen molar-refractivity contribution in [2.45, 2.75) is 43.6 Å². The van der Waals surface area contributed by atoms with Crippen molar-refractivity contribution in [3.8, 4) is 0 Å². The summed E-state index contributed by atoms with van der Waals surface area (Å²) >= 11 is 3.75. The first-order chi connectivity index (χ1) is 10.6. The van der Waals surface area contributed by atoms with Crippen LogP contribution in [0.2, 0.25) is 0 Å². The zero-order chi connectivity index (χ0) is 20.7. The number of Topliss-reactive ketones (excluding diaryl/α,β-unsaturated/α-hetero) is 1. The highest BCUT2D eigenvalue weighted by atomic mass is 35.5. The fourth-order valence-corrected chi connectivity index (χ4v) is 1.85. The minimum absolute atomic E-state index is 0.784. The number of nitrogens with one attached hydrogen (secondary N) is 1. The van der Waals surface area contributed by atoms with Gasteiger partial charge in [0.05, 0.1) is 6.54 Å². The first-order valence-corrected chi connectivity index (χ1v) is 7.87. The normalized spacial score (nSPS) is 15.4. The second-order valence-electron chi connectivity index (χ2n) is 5.65. The Morgan fingerprint density at radius 2 is 1.36 bits per heavy atom. The Labute approximate surface area is 141 Å². The summed E-state index contributed by atoms with van der Waals surface area (Å²) in [5, 5.41) is -12.3. The number of carbonyl (C=O) groups excluding carboxylic acids is 1. The number of hydrogen-bond donors (Lipinski definition) is 1. The number of hydrogen-bond acceptors (Lipinski definition) is 4. The van der Waals surface area contributed by atoms with Crippen molar-refractivity contribution in [3.63, 3.8) is 0 Å². The van der Waals surface area contributed by atoms with E-state index >= 15 is 0 Å². The van der Waals surface area contributed by atoms with Crippen LogP contribution >= 0.6 is 11.6 Å². The zero-order valence-corrected chi connectivity index (χ0v) is 14.2. The quantitative estimate of drug-likeness (QED) is 0.475. The molecule has 0 heterocycles. The average molecular weight is 430 g/mol. The summed E-state index contributed by atoms with van der Waals surface area (Å²) in [4.78, 5) is 11.4. The van der Waals surface area contributed by atoms with Crippen molar-refractivity contribution in [1.82, 2.24) is 4.72 Å². The number of carbonyl (C=O) groups is 1. The van der Waals surface area contributed by atoms with Crippen LogP contribution in [0.1, 0.15) is 20.8 Å². The molecule has 150 valence electrons. The van der Waals surface area contributed by atoms with Gasteiger partial charge in [0.1, 0.15) is 0 Å². The van der Waals surface area contributed by atoms with E-state index in [4.69, 9.17) is 0 Å². The van der Waals surface area contributed by atoms with Gasteiger partial charge >= 0.3 is 22.9 Å². The Bertz CT molecular complexity index is 611. The molecule has 1 N–H and O–H groups in total. The van der Waals surface area contributed by atoms with Gasteiger partial charge < -0.3 is 0 Å². The van der Waals surface area contributed by atoms with Gasteiger partial charge in [-0.15, -0.1) is 0 Å². The molecule has 0 bridgehead atoms. The zero-order valence-electron chi connectivity index (χ0n) is 12.7. The SMILES string of the molecule is CC(C)(C)C(=O)CNS(=O)(=O)C(F)(F)C(F)(F)OC(F)(F)C(F)(F)Cl. The largest absolute Gasteiger partial charge is 0.448 e. The molecule has 5 nitrogen and oxygen atoms in total. The third-order valence-electron chi connectivity index (χ3n) is 2.52. The Balaban J connectivity index is 5.54. The molecule has 0 radical (unpaired) electrons. The maximum Gasteiger partial charge on any atom is 0.448 e. The molecule has 0 aliphatic rings. The third-order valence-corrected chi connectivity index (χ3v) is 4.18. The van der Waals surface area contributed by atoms with Gasteiger partial charge in [-0.05, 0) is 11.6 Å². The van der Waals surface area contributed by atoms with Crippen molar-refractivity contribution in [2.24, 2.45) is 5.41 Å². The first-order valence-electron chi connectivity index (χ1n) is 6.01. The maximum absolute atomic E-state index is 13.4. The molecule has 15 heteroatoms. The van der Waals surface area contributed by atoms with Crippen molar-refractivity contribution < 1.29 is 53.1 Å². The van der Waals surface area contributed by atoms with Crippen LogP contribution in [-0.2, 0) is 19.6 Å². The summed E-state index contributed by atoms with van der Waals surface area (Å²) in [5.74, 6) is -1.02. The number of sulfonamides is 1. The molecule has 0 fully saturated rings. The fourth-order valence-electron chi connectivity index (χ4n) is 0.951. The molecule has 0 aromatic carbocycles. The van der Waals surface area contributed by atoms with Gasteiger partial charge in [0.15, 0.2) is 5.78 Å². The minimum atomic E-state index is -6.62. The van der Waals surface area contributed by atoms with Crippen molar-refractivity contribution in [2.75, 3.05) is 6.54 Å². The Hall–Kier alpha value is -0.730. The van der Waals surface area contributed by atoms with Gasteiger partial charge in [-0.3, -0.25) is 4.79 Å². The highest BCUT2D eigenvalue weighted by Crippen LogP contribution is 2.47. The highest BCUT2D eigenvalue weighted by Gasteiger charge is 2.73. The second-order valence-corrected chi connectivity index (χ2v) is 7.93. The summed E-state index contributed by atoms with van der Waals surface area (Å²) in [6.07, 6.45) is -13.0. The average Bonchev–Trinajstić information content (AvgIpc) is 2.31. The van der Waals surface area contributed by atoms with E-state index in [1.807, 2.05) is 4.74 Å². The summed E-state index contributed by atoms with van der Waals surface area (Å²) in [6.45, 7) is 2.33. The van der Waals surface area contributed by atoms with Gasteiger partial charge in [-0.25, -0.2) is 17.9 Å². The van der Waals surface area contributed by atoms with Crippen molar-refractivity contribution in [3.05, 3.63) is 0 Å². The topological polar surface area (TPSA) is 72.5 Å². The van der Waals surface area contributed by atoms with E-state index in [1.54, 1.807) is 0 Å². The molecule has 0 rings (SSSR count). The van der Waals surface area contributed by atoms with Gasteiger partial charge in [0.2, 0.25) is 0 Å². The molecule has 0 aromatic heterocycles. The minimum Gasteiger partial charge on any atom is -0.298 e. The molecule has 0 aromatic rings. The number of ketones is 1. The maximum atomic E-state index is 13.4. The van der Waals surface area contributed by atoms with Crippen LogP contribution in [0.25, 0.3) is 0 Å². The third kappa shape index (κ3) is 5.37. The lowest BCUT2D eigenvalue weighted by Crippen LogP contribution is -2.58. The molecule has 0 saturated heterocycles. The molecule has 0 unspecified atom stereocenters. The first kappa shape index (κ1) is 24.3. The molecule has 25 heavy (non-hydrogen) atoms. The Morgan fingerprint density at radius 3 is 1.68 bits per heavy atom. The van der Waals surface area contributed by atoms with Crippen LogP contribution in [0.5, 0.6) is 0 Å². The number of rotatable bonds is 8. The standard InChI is InChI=1S/C10H12ClF8NO4S/c1-6(2,3)5(21)4-20-25(22,23)10(18,19)9(16,17)24-8(14,15)7(11,12)13/h20H,4H2,1-3H3.